The minimum Gasteiger partial charge on any atom is -0.463 e. The maximum atomic E-state index is 11.6. The number of carbonyl (C=O) groups excluding carboxylic acids is 1. The van der Waals surface area contributed by atoms with Crippen molar-refractivity contribution in [1.82, 2.24) is 9.97 Å². The van der Waals surface area contributed by atoms with Crippen molar-refractivity contribution in [2.75, 3.05) is 6.61 Å². The highest BCUT2D eigenvalue weighted by Gasteiger charge is 2.01. The van der Waals surface area contributed by atoms with E-state index in [1.54, 1.807) is 31.2 Å². The van der Waals surface area contributed by atoms with Crippen LogP contribution in [0.15, 0.2) is 33.9 Å². The number of aromatic nitrogens is 2. The molecule has 6 nitrogen and oxygen atoms in total. The molecular weight excluding hydrogens is 248 g/mol. The van der Waals surface area contributed by atoms with Gasteiger partial charge in [-0.1, -0.05) is 6.07 Å². The predicted molar refractivity (Wildman–Crippen MR) is 70.9 cm³/mol. The third kappa shape index (κ3) is 2.98. The van der Waals surface area contributed by atoms with Crippen LogP contribution in [-0.4, -0.2) is 22.5 Å². The van der Waals surface area contributed by atoms with Crippen molar-refractivity contribution in [2.24, 2.45) is 0 Å². The summed E-state index contributed by atoms with van der Waals surface area (Å²) >= 11 is 0. The predicted octanol–water partition coefficient (Wildman–Crippen LogP) is 0.793. The molecule has 0 aliphatic heterocycles. The molecule has 0 radical (unpaired) electrons. The molecule has 98 valence electrons. The van der Waals surface area contributed by atoms with Crippen molar-refractivity contribution in [3.05, 3.63) is 50.7 Å². The third-order valence-electron chi connectivity index (χ3n) is 2.46. The molecule has 0 unspecified atom stereocenters. The van der Waals surface area contributed by atoms with Crippen molar-refractivity contribution in [2.45, 2.75) is 6.92 Å². The van der Waals surface area contributed by atoms with E-state index >= 15 is 0 Å². The van der Waals surface area contributed by atoms with Gasteiger partial charge < -0.3 is 9.72 Å². The first-order valence-corrected chi connectivity index (χ1v) is 5.71. The number of nitrogens with one attached hydrogen (secondary N) is 2. The van der Waals surface area contributed by atoms with Crippen molar-refractivity contribution in [1.29, 1.82) is 0 Å². The molecule has 1 aromatic heterocycles. The van der Waals surface area contributed by atoms with Crippen molar-refractivity contribution < 1.29 is 9.53 Å². The van der Waals surface area contributed by atoms with Crippen LogP contribution in [0.3, 0.4) is 0 Å². The average molecular weight is 260 g/mol. The normalized spacial score (nSPS) is 11.0. The van der Waals surface area contributed by atoms with E-state index in [4.69, 9.17) is 4.74 Å². The Hall–Kier alpha value is -2.63. The van der Waals surface area contributed by atoms with Gasteiger partial charge in [0.05, 0.1) is 17.5 Å². The molecule has 0 atom stereocenters. The first-order valence-electron chi connectivity index (χ1n) is 5.71. The lowest BCUT2D eigenvalue weighted by molar-refractivity contribution is -0.137. The standard InChI is InChI=1S/C13H12N2O4/c1-2-19-11(16)6-4-8-3-5-10-9(7-8)12(17)15-13(18)14-10/h3-7H,2H2,1H3,(H2,14,15,17,18). The average Bonchev–Trinajstić information content (AvgIpc) is 2.37. The molecular formula is C13H12N2O4. The number of H-pyrrole nitrogens is 2. The molecule has 0 aliphatic rings. The van der Waals surface area contributed by atoms with Gasteiger partial charge in [0, 0.05) is 6.08 Å². The number of benzene rings is 1. The molecule has 2 aromatic rings. The first-order chi connectivity index (χ1) is 9.10. The van der Waals surface area contributed by atoms with Crippen molar-refractivity contribution in [3.63, 3.8) is 0 Å². The Bertz CT molecular complexity index is 755. The minimum absolute atomic E-state index is 0.307. The summed E-state index contributed by atoms with van der Waals surface area (Å²) in [5, 5.41) is 0.352. The molecule has 0 saturated heterocycles. The fraction of sp³-hybridized carbons (Fsp3) is 0.154. The maximum absolute atomic E-state index is 11.6. The van der Waals surface area contributed by atoms with Gasteiger partial charge in [-0.3, -0.25) is 9.78 Å². The highest BCUT2D eigenvalue weighted by molar-refractivity contribution is 5.88. The SMILES string of the molecule is CCOC(=O)C=Cc1ccc2[nH]c(=O)[nH]c(=O)c2c1. The van der Waals surface area contributed by atoms with Gasteiger partial charge in [-0.2, -0.15) is 0 Å². The molecule has 1 heterocycles. The Morgan fingerprint density at radius 2 is 2.11 bits per heavy atom. The summed E-state index contributed by atoms with van der Waals surface area (Å²) in [5.74, 6) is -0.446. The van der Waals surface area contributed by atoms with Crippen molar-refractivity contribution in [3.8, 4) is 0 Å². The lowest BCUT2D eigenvalue weighted by Crippen LogP contribution is -2.21. The van der Waals surface area contributed by atoms with Crippen LogP contribution in [0.1, 0.15) is 12.5 Å². The third-order valence-corrected chi connectivity index (χ3v) is 2.46. The zero-order valence-electron chi connectivity index (χ0n) is 10.2. The Kier molecular flexibility index (Phi) is 3.61. The second kappa shape index (κ2) is 5.34. The number of ether oxygens (including phenoxy) is 1. The number of hydrogen-bond donors (Lipinski definition) is 2. The fourth-order valence-corrected chi connectivity index (χ4v) is 1.64. The smallest absolute Gasteiger partial charge is 0.330 e. The van der Waals surface area contributed by atoms with Crippen LogP contribution in [0.25, 0.3) is 17.0 Å². The largest absolute Gasteiger partial charge is 0.463 e. The molecule has 0 bridgehead atoms. The molecule has 0 amide bonds. The Morgan fingerprint density at radius 1 is 1.32 bits per heavy atom. The van der Waals surface area contributed by atoms with Gasteiger partial charge >= 0.3 is 11.7 Å². The summed E-state index contributed by atoms with van der Waals surface area (Å²) in [5.41, 5.74) is 0.0950. The summed E-state index contributed by atoms with van der Waals surface area (Å²) in [6, 6.07) is 4.88. The Labute approximate surface area is 107 Å². The Morgan fingerprint density at radius 3 is 2.84 bits per heavy atom. The van der Waals surface area contributed by atoms with E-state index in [-0.39, 0.29) is 0 Å². The van der Waals surface area contributed by atoms with Gasteiger partial charge in [0.1, 0.15) is 0 Å². The van der Waals surface area contributed by atoms with E-state index in [1.807, 2.05) is 0 Å². The quantitative estimate of drug-likeness (QED) is 0.630. The van der Waals surface area contributed by atoms with Gasteiger partial charge in [0.15, 0.2) is 0 Å². The zero-order chi connectivity index (χ0) is 13.8. The zero-order valence-corrected chi connectivity index (χ0v) is 10.2. The molecule has 0 saturated carbocycles. The van der Waals surface area contributed by atoms with E-state index in [0.717, 1.165) is 0 Å². The van der Waals surface area contributed by atoms with Crippen LogP contribution < -0.4 is 11.2 Å². The molecule has 0 aliphatic carbocycles. The lowest BCUT2D eigenvalue weighted by atomic mass is 10.1. The van der Waals surface area contributed by atoms with E-state index in [9.17, 15) is 14.4 Å². The van der Waals surface area contributed by atoms with E-state index in [1.165, 1.54) is 6.08 Å². The lowest BCUT2D eigenvalue weighted by Gasteiger charge is -1.98. The fourth-order valence-electron chi connectivity index (χ4n) is 1.64. The second-order valence-corrected chi connectivity index (χ2v) is 3.80. The highest BCUT2D eigenvalue weighted by Crippen LogP contribution is 2.10. The highest BCUT2D eigenvalue weighted by atomic mass is 16.5. The van der Waals surface area contributed by atoms with Gasteiger partial charge in [0.2, 0.25) is 0 Å². The van der Waals surface area contributed by atoms with Crippen LogP contribution in [0.4, 0.5) is 0 Å². The van der Waals surface area contributed by atoms with Crippen LogP contribution >= 0.6 is 0 Å². The van der Waals surface area contributed by atoms with E-state index < -0.39 is 17.2 Å². The monoisotopic (exact) mass is 260 g/mol. The molecule has 6 heteroatoms. The molecule has 2 N–H and O–H groups in total. The molecule has 0 spiro atoms. The van der Waals surface area contributed by atoms with E-state index in [2.05, 4.69) is 9.97 Å². The maximum Gasteiger partial charge on any atom is 0.330 e. The summed E-state index contributed by atoms with van der Waals surface area (Å²) < 4.78 is 4.75. The number of aromatic amines is 2. The van der Waals surface area contributed by atoms with Gasteiger partial charge in [-0.25, -0.2) is 9.59 Å². The topological polar surface area (TPSA) is 92.0 Å². The second-order valence-electron chi connectivity index (χ2n) is 3.80. The molecule has 2 rings (SSSR count). The number of carbonyl (C=O) groups is 1. The van der Waals surface area contributed by atoms with Gasteiger partial charge in [-0.05, 0) is 30.7 Å². The molecule has 1 aromatic carbocycles. The number of rotatable bonds is 3. The van der Waals surface area contributed by atoms with Crippen LogP contribution in [0, 0.1) is 0 Å². The summed E-state index contributed by atoms with van der Waals surface area (Å²) in [6.07, 6.45) is 2.83. The summed E-state index contributed by atoms with van der Waals surface area (Å²) in [4.78, 5) is 38.5. The van der Waals surface area contributed by atoms with Gasteiger partial charge in [0.25, 0.3) is 5.56 Å². The summed E-state index contributed by atoms with van der Waals surface area (Å²) in [7, 11) is 0. The number of hydrogen-bond acceptors (Lipinski definition) is 4. The minimum atomic E-state index is -0.549. The number of fused-ring (bicyclic) bond motifs is 1. The summed E-state index contributed by atoms with van der Waals surface area (Å²) in [6.45, 7) is 2.03. The molecule has 19 heavy (non-hydrogen) atoms. The number of esters is 1. The molecule has 0 fully saturated rings. The van der Waals surface area contributed by atoms with Crippen LogP contribution in [-0.2, 0) is 9.53 Å². The van der Waals surface area contributed by atoms with Gasteiger partial charge in [-0.15, -0.1) is 0 Å². The van der Waals surface area contributed by atoms with E-state index in [0.29, 0.717) is 23.1 Å². The first kappa shape index (κ1) is 12.8. The van der Waals surface area contributed by atoms with Crippen molar-refractivity contribution >= 4 is 22.9 Å². The van der Waals surface area contributed by atoms with Crippen LogP contribution in [0.5, 0.6) is 0 Å². The van der Waals surface area contributed by atoms with Crippen LogP contribution in [0.2, 0.25) is 0 Å². The Balaban J connectivity index is 2.40.